The molecule has 148 valence electrons. The zero-order chi connectivity index (χ0) is 19.4. The molecule has 0 radical (unpaired) electrons. The van der Waals surface area contributed by atoms with Gasteiger partial charge >= 0.3 is 8.25 Å². The highest BCUT2D eigenvalue weighted by molar-refractivity contribution is 7.33. The maximum absolute atomic E-state index is 13.1. The lowest BCUT2D eigenvalue weighted by Crippen LogP contribution is -2.47. The van der Waals surface area contributed by atoms with Gasteiger partial charge in [-0.2, -0.15) is 0 Å². The maximum atomic E-state index is 13.1. The van der Waals surface area contributed by atoms with E-state index in [1.807, 2.05) is 0 Å². The van der Waals surface area contributed by atoms with Crippen LogP contribution in [0.1, 0.15) is 93.9 Å². The van der Waals surface area contributed by atoms with Gasteiger partial charge in [-0.1, -0.05) is 41.5 Å². The van der Waals surface area contributed by atoms with Crippen molar-refractivity contribution in [3.63, 3.8) is 0 Å². The Kier molecular flexibility index (Phi) is 3.82. The Morgan fingerprint density at radius 2 is 1.04 bits per heavy atom. The minimum atomic E-state index is -2.12. The Morgan fingerprint density at radius 1 is 0.692 bits per heavy atom. The van der Waals surface area contributed by atoms with Crippen molar-refractivity contribution in [3.8, 4) is 0 Å². The highest BCUT2D eigenvalue weighted by Crippen LogP contribution is 2.74. The van der Waals surface area contributed by atoms with Crippen LogP contribution in [0.3, 0.4) is 0 Å². The summed E-state index contributed by atoms with van der Waals surface area (Å²) in [6.45, 7) is 18.5. The van der Waals surface area contributed by atoms with Crippen molar-refractivity contribution >= 4 is 8.25 Å². The van der Waals surface area contributed by atoms with Crippen molar-refractivity contribution in [2.75, 3.05) is 0 Å². The van der Waals surface area contributed by atoms with Gasteiger partial charge in [0.05, 0.1) is 0 Å². The van der Waals surface area contributed by atoms with Crippen molar-refractivity contribution in [2.24, 2.45) is 33.5 Å². The fourth-order valence-corrected chi connectivity index (χ4v) is 9.06. The summed E-state index contributed by atoms with van der Waals surface area (Å²) in [7, 11) is -2.12. The first kappa shape index (κ1) is 19.3. The molecule has 0 aromatic carbocycles. The van der Waals surface area contributed by atoms with E-state index in [4.69, 9.17) is 9.05 Å². The molecule has 3 nitrogen and oxygen atoms in total. The Balaban J connectivity index is 1.53. The molecule has 6 atom stereocenters. The van der Waals surface area contributed by atoms with E-state index < -0.39 is 8.25 Å². The first-order chi connectivity index (χ1) is 11.7. The third-order valence-electron chi connectivity index (χ3n) is 11.0. The zero-order valence-electron chi connectivity index (χ0n) is 18.1. The molecule has 0 heterocycles. The van der Waals surface area contributed by atoms with Gasteiger partial charge in [-0.3, -0.25) is 0 Å². The van der Waals surface area contributed by atoms with Crippen molar-refractivity contribution in [2.45, 2.75) is 105 Å². The number of hydrogen-bond acceptors (Lipinski definition) is 3. The normalized spacial score (nSPS) is 54.1. The van der Waals surface area contributed by atoms with Crippen LogP contribution in [0.5, 0.6) is 0 Å². The van der Waals surface area contributed by atoms with Gasteiger partial charge in [0.2, 0.25) is 0 Å². The van der Waals surface area contributed by atoms with Gasteiger partial charge in [-0.15, -0.1) is 9.05 Å². The Hall–Kier alpha value is 0.0200. The van der Waals surface area contributed by atoms with Crippen LogP contribution >= 0.6 is 8.25 Å². The fourth-order valence-electron chi connectivity index (χ4n) is 7.81. The summed E-state index contributed by atoms with van der Waals surface area (Å²) in [5.41, 5.74) is -0.0887. The SMILES string of the molecule is CC1(C)C2CCC1(C)[C@@](C)(O[P+](=O)O[C@@]1(C)CC3CCC1(C)C3(C)C)C2. The zero-order valence-corrected chi connectivity index (χ0v) is 19.0. The van der Waals surface area contributed by atoms with Crippen LogP contribution in [0.25, 0.3) is 0 Å². The summed E-state index contributed by atoms with van der Waals surface area (Å²) >= 11 is 0. The first-order valence-corrected chi connectivity index (χ1v) is 11.7. The molecule has 0 spiro atoms. The van der Waals surface area contributed by atoms with Crippen LogP contribution in [0, 0.1) is 33.5 Å². The number of rotatable bonds is 4. The second-order valence-electron chi connectivity index (χ2n) is 11.9. The van der Waals surface area contributed by atoms with E-state index in [-0.39, 0.29) is 32.9 Å². The number of fused-ring (bicyclic) bond motifs is 4. The van der Waals surface area contributed by atoms with Crippen LogP contribution in [0.2, 0.25) is 0 Å². The van der Waals surface area contributed by atoms with Crippen LogP contribution in [0.15, 0.2) is 0 Å². The van der Waals surface area contributed by atoms with Crippen molar-refractivity contribution in [1.82, 2.24) is 0 Å². The second-order valence-corrected chi connectivity index (χ2v) is 12.7. The van der Waals surface area contributed by atoms with Crippen molar-refractivity contribution < 1.29 is 13.6 Å². The summed E-state index contributed by atoms with van der Waals surface area (Å²) in [5, 5.41) is 0. The van der Waals surface area contributed by atoms with Gasteiger partial charge in [0.1, 0.15) is 11.2 Å². The molecule has 4 saturated carbocycles. The van der Waals surface area contributed by atoms with Crippen molar-refractivity contribution in [1.29, 1.82) is 0 Å². The van der Waals surface area contributed by atoms with E-state index in [0.29, 0.717) is 11.8 Å². The molecule has 4 aliphatic rings. The topological polar surface area (TPSA) is 35.5 Å². The average Bonchev–Trinajstić information content (AvgIpc) is 2.96. The van der Waals surface area contributed by atoms with Crippen molar-refractivity contribution in [3.05, 3.63) is 0 Å². The first-order valence-electron chi connectivity index (χ1n) is 10.6. The van der Waals surface area contributed by atoms with E-state index in [9.17, 15) is 4.57 Å². The molecule has 4 heteroatoms. The van der Waals surface area contributed by atoms with E-state index >= 15 is 0 Å². The molecular weight excluding hydrogens is 343 g/mol. The molecule has 4 fully saturated rings. The lowest BCUT2D eigenvalue weighted by Gasteiger charge is -2.44. The minimum Gasteiger partial charge on any atom is -0.112 e. The predicted molar refractivity (Wildman–Crippen MR) is 105 cm³/mol. The van der Waals surface area contributed by atoms with E-state index in [1.165, 1.54) is 12.8 Å². The molecule has 4 unspecified atom stereocenters. The summed E-state index contributed by atoms with van der Waals surface area (Å²) in [6, 6.07) is 0. The van der Waals surface area contributed by atoms with Gasteiger partial charge in [0.15, 0.2) is 0 Å². The number of hydrogen-bond donors (Lipinski definition) is 0. The lowest BCUT2D eigenvalue weighted by atomic mass is 9.65. The molecule has 0 saturated heterocycles. The van der Waals surface area contributed by atoms with Gasteiger partial charge in [0.25, 0.3) is 0 Å². The predicted octanol–water partition coefficient (Wildman–Crippen LogP) is 6.89. The molecule has 0 aliphatic heterocycles. The quantitative estimate of drug-likeness (QED) is 0.498. The summed E-state index contributed by atoms with van der Waals surface area (Å²) < 4.78 is 25.7. The fraction of sp³-hybridized carbons (Fsp3) is 1.00. The Bertz CT molecular complexity index is 604. The van der Waals surface area contributed by atoms with Crippen LogP contribution < -0.4 is 0 Å². The van der Waals surface area contributed by atoms with E-state index in [0.717, 1.165) is 25.7 Å². The molecule has 0 N–H and O–H groups in total. The highest BCUT2D eigenvalue weighted by Gasteiger charge is 2.73. The van der Waals surface area contributed by atoms with Gasteiger partial charge in [-0.05, 0) is 75.0 Å². The monoisotopic (exact) mass is 381 g/mol. The molecule has 4 rings (SSSR count). The van der Waals surface area contributed by atoms with E-state index in [1.54, 1.807) is 0 Å². The van der Waals surface area contributed by atoms with Crippen LogP contribution in [0.4, 0.5) is 0 Å². The highest BCUT2D eigenvalue weighted by atomic mass is 31.1. The Labute approximate surface area is 160 Å². The van der Waals surface area contributed by atoms with Gasteiger partial charge in [0, 0.05) is 15.4 Å². The minimum absolute atomic E-state index is 0.0672. The second kappa shape index (κ2) is 5.14. The van der Waals surface area contributed by atoms with Gasteiger partial charge < -0.3 is 0 Å². The third-order valence-corrected chi connectivity index (χ3v) is 12.1. The smallest absolute Gasteiger partial charge is 0.112 e. The summed E-state index contributed by atoms with van der Waals surface area (Å²) in [4.78, 5) is 0. The molecular formula is C22H38O3P+. The largest absolute Gasteiger partial charge is 0.698 e. The average molecular weight is 382 g/mol. The molecule has 0 amide bonds. The molecule has 4 bridgehead atoms. The molecule has 0 aromatic rings. The third kappa shape index (κ3) is 1.99. The Morgan fingerprint density at radius 3 is 1.27 bits per heavy atom. The van der Waals surface area contributed by atoms with Crippen LogP contribution in [-0.2, 0) is 13.6 Å². The summed E-state index contributed by atoms with van der Waals surface area (Å²) in [5.74, 6) is 1.32. The van der Waals surface area contributed by atoms with Gasteiger partial charge in [-0.25, -0.2) is 0 Å². The van der Waals surface area contributed by atoms with E-state index in [2.05, 4.69) is 55.4 Å². The maximum Gasteiger partial charge on any atom is 0.698 e. The molecule has 26 heavy (non-hydrogen) atoms. The lowest BCUT2D eigenvalue weighted by molar-refractivity contribution is -0.0908. The summed E-state index contributed by atoms with van der Waals surface area (Å²) in [6.07, 6.45) is 6.87. The molecule has 4 aliphatic carbocycles. The van der Waals surface area contributed by atoms with Crippen LogP contribution in [-0.4, -0.2) is 11.2 Å². The standard InChI is InChI=1S/C22H38O3P/c1-17(2)15-9-11-19(17,5)21(7,13-15)24-26(23)25-22(8)14-16-10-12-20(22,6)18(16,3)4/h15-16H,9-14H2,1-8H3/q+1/t15?,16?,19?,20?,21-,22-/m0/s1. The molecule has 0 aromatic heterocycles.